The summed E-state index contributed by atoms with van der Waals surface area (Å²) in [5.74, 6) is 1.55. The Kier molecular flexibility index (Phi) is 3.94. The molecular weight excluding hydrogens is 240 g/mol. The maximum absolute atomic E-state index is 12.0. The van der Waals surface area contributed by atoms with Gasteiger partial charge in [0.15, 0.2) is 5.82 Å². The fourth-order valence-electron chi connectivity index (χ4n) is 2.01. The van der Waals surface area contributed by atoms with Crippen LogP contribution in [0.25, 0.3) is 0 Å². The first-order valence-electron chi connectivity index (χ1n) is 6.35. The third-order valence-electron chi connectivity index (χ3n) is 3.02. The Labute approximate surface area is 112 Å². The average Bonchev–Trinajstić information content (AvgIpc) is 2.76. The third kappa shape index (κ3) is 2.99. The highest BCUT2D eigenvalue weighted by Crippen LogP contribution is 2.05. The molecule has 2 rings (SSSR count). The summed E-state index contributed by atoms with van der Waals surface area (Å²) in [5, 5.41) is 11.0. The van der Waals surface area contributed by atoms with Crippen molar-refractivity contribution in [3.05, 3.63) is 47.0 Å². The fraction of sp³-hybridized carbons (Fsp3) is 0.357. The number of aromatic nitrogens is 3. The number of hydrogen-bond acceptors (Lipinski definition) is 3. The van der Waals surface area contributed by atoms with Gasteiger partial charge in [0.25, 0.3) is 5.91 Å². The molecule has 5 nitrogen and oxygen atoms in total. The van der Waals surface area contributed by atoms with Gasteiger partial charge < -0.3 is 9.88 Å². The van der Waals surface area contributed by atoms with Gasteiger partial charge in [0.2, 0.25) is 0 Å². The third-order valence-corrected chi connectivity index (χ3v) is 3.02. The zero-order valence-corrected chi connectivity index (χ0v) is 11.5. The Balaban J connectivity index is 2.04. The van der Waals surface area contributed by atoms with Crippen molar-refractivity contribution in [2.24, 2.45) is 0 Å². The van der Waals surface area contributed by atoms with Gasteiger partial charge in [-0.05, 0) is 32.9 Å². The molecule has 5 heteroatoms. The van der Waals surface area contributed by atoms with E-state index in [0.29, 0.717) is 12.1 Å². The highest BCUT2D eigenvalue weighted by atomic mass is 16.1. The predicted octanol–water partition coefficient (Wildman–Crippen LogP) is 1.84. The highest BCUT2D eigenvalue weighted by Gasteiger charge is 2.10. The number of rotatable bonds is 4. The minimum atomic E-state index is -0.0907. The van der Waals surface area contributed by atoms with Gasteiger partial charge in [0.1, 0.15) is 5.82 Å². The lowest BCUT2D eigenvalue weighted by Gasteiger charge is -2.07. The Morgan fingerprint density at radius 2 is 2.11 bits per heavy atom. The van der Waals surface area contributed by atoms with Crippen molar-refractivity contribution in [3.8, 4) is 0 Å². The summed E-state index contributed by atoms with van der Waals surface area (Å²) in [7, 11) is 0. The number of benzene rings is 1. The number of nitrogens with zero attached hydrogens (tertiary/aromatic N) is 3. The Hall–Kier alpha value is -2.17. The zero-order valence-electron chi connectivity index (χ0n) is 11.5. The molecule has 0 atom stereocenters. The zero-order chi connectivity index (χ0) is 13.8. The highest BCUT2D eigenvalue weighted by molar-refractivity contribution is 5.94. The van der Waals surface area contributed by atoms with Crippen LogP contribution in [0.3, 0.4) is 0 Å². The van der Waals surface area contributed by atoms with Crippen LogP contribution in [0.2, 0.25) is 0 Å². The molecule has 0 aliphatic rings. The first-order valence-corrected chi connectivity index (χ1v) is 6.35. The summed E-state index contributed by atoms with van der Waals surface area (Å²) in [6.45, 7) is 7.09. The van der Waals surface area contributed by atoms with E-state index in [-0.39, 0.29) is 5.91 Å². The quantitative estimate of drug-likeness (QED) is 0.910. The summed E-state index contributed by atoms with van der Waals surface area (Å²) in [4.78, 5) is 12.0. The second kappa shape index (κ2) is 5.65. The van der Waals surface area contributed by atoms with Gasteiger partial charge in [-0.3, -0.25) is 4.79 Å². The van der Waals surface area contributed by atoms with Crippen molar-refractivity contribution < 1.29 is 4.79 Å². The fourth-order valence-corrected chi connectivity index (χ4v) is 2.01. The van der Waals surface area contributed by atoms with Crippen LogP contribution in [0.1, 0.15) is 34.5 Å². The van der Waals surface area contributed by atoms with E-state index < -0.39 is 0 Å². The predicted molar refractivity (Wildman–Crippen MR) is 72.8 cm³/mol. The maximum Gasteiger partial charge on any atom is 0.251 e. The van der Waals surface area contributed by atoms with Crippen LogP contribution in [-0.4, -0.2) is 20.7 Å². The van der Waals surface area contributed by atoms with Gasteiger partial charge in [0.05, 0.1) is 6.54 Å². The van der Waals surface area contributed by atoms with Crippen LogP contribution in [0.4, 0.5) is 0 Å². The van der Waals surface area contributed by atoms with Crippen LogP contribution in [0.15, 0.2) is 24.3 Å². The van der Waals surface area contributed by atoms with E-state index in [1.54, 1.807) is 6.07 Å². The minimum Gasteiger partial charge on any atom is -0.345 e. The Bertz CT molecular complexity index is 589. The van der Waals surface area contributed by atoms with Gasteiger partial charge in [-0.25, -0.2) is 0 Å². The maximum atomic E-state index is 12.0. The van der Waals surface area contributed by atoms with Gasteiger partial charge in [0, 0.05) is 12.1 Å². The summed E-state index contributed by atoms with van der Waals surface area (Å²) in [6, 6.07) is 7.51. The van der Waals surface area contributed by atoms with Crippen LogP contribution in [0.5, 0.6) is 0 Å². The van der Waals surface area contributed by atoms with Crippen molar-refractivity contribution in [2.45, 2.75) is 33.9 Å². The van der Waals surface area contributed by atoms with Crippen LogP contribution >= 0.6 is 0 Å². The number of aryl methyl sites for hydroxylation is 2. The lowest BCUT2D eigenvalue weighted by molar-refractivity contribution is 0.0949. The molecule has 19 heavy (non-hydrogen) atoms. The molecule has 1 amide bonds. The van der Waals surface area contributed by atoms with E-state index in [2.05, 4.69) is 15.5 Å². The first kappa shape index (κ1) is 13.3. The van der Waals surface area contributed by atoms with E-state index in [9.17, 15) is 4.79 Å². The van der Waals surface area contributed by atoms with Gasteiger partial charge >= 0.3 is 0 Å². The monoisotopic (exact) mass is 258 g/mol. The molecule has 0 aliphatic heterocycles. The molecule has 0 bridgehead atoms. The molecule has 2 aromatic rings. The SMILES string of the molecule is CCn1c(C)nnc1CNC(=O)c1cccc(C)c1. The molecule has 0 radical (unpaired) electrons. The molecule has 1 aromatic carbocycles. The van der Waals surface area contributed by atoms with Crippen LogP contribution < -0.4 is 5.32 Å². The number of nitrogens with one attached hydrogen (secondary N) is 1. The van der Waals surface area contributed by atoms with Crippen LogP contribution in [0, 0.1) is 13.8 Å². The molecule has 0 unspecified atom stereocenters. The number of carbonyl (C=O) groups excluding carboxylic acids is 1. The normalized spacial score (nSPS) is 10.5. The summed E-state index contributed by atoms with van der Waals surface area (Å²) in [6.07, 6.45) is 0. The van der Waals surface area contributed by atoms with E-state index in [1.165, 1.54) is 0 Å². The molecule has 0 saturated heterocycles. The van der Waals surface area contributed by atoms with Crippen molar-refractivity contribution in [1.82, 2.24) is 20.1 Å². The molecule has 100 valence electrons. The molecule has 0 saturated carbocycles. The topological polar surface area (TPSA) is 59.8 Å². The van der Waals surface area contributed by atoms with Crippen molar-refractivity contribution in [3.63, 3.8) is 0 Å². The van der Waals surface area contributed by atoms with Crippen LogP contribution in [-0.2, 0) is 13.1 Å². The molecule has 0 aliphatic carbocycles. The van der Waals surface area contributed by atoms with Gasteiger partial charge in [-0.2, -0.15) is 0 Å². The first-order chi connectivity index (χ1) is 9.11. The van der Waals surface area contributed by atoms with Crippen molar-refractivity contribution in [1.29, 1.82) is 0 Å². The van der Waals surface area contributed by atoms with Gasteiger partial charge in [-0.1, -0.05) is 17.7 Å². The second-order valence-corrected chi connectivity index (χ2v) is 4.46. The lowest BCUT2D eigenvalue weighted by atomic mass is 10.1. The molecular formula is C14H18N4O. The van der Waals surface area contributed by atoms with Gasteiger partial charge in [-0.15, -0.1) is 10.2 Å². The standard InChI is InChI=1S/C14H18N4O/c1-4-18-11(3)16-17-13(18)9-15-14(19)12-7-5-6-10(2)8-12/h5-8H,4,9H2,1-3H3,(H,15,19). The minimum absolute atomic E-state index is 0.0907. The largest absolute Gasteiger partial charge is 0.345 e. The summed E-state index contributed by atoms with van der Waals surface area (Å²) < 4.78 is 1.98. The van der Waals surface area contributed by atoms with Crippen molar-refractivity contribution in [2.75, 3.05) is 0 Å². The molecule has 1 heterocycles. The molecule has 0 fully saturated rings. The smallest absolute Gasteiger partial charge is 0.251 e. The molecule has 0 spiro atoms. The second-order valence-electron chi connectivity index (χ2n) is 4.46. The average molecular weight is 258 g/mol. The van der Waals surface area contributed by atoms with E-state index >= 15 is 0 Å². The number of hydrogen-bond donors (Lipinski definition) is 1. The summed E-state index contributed by atoms with van der Waals surface area (Å²) in [5.41, 5.74) is 1.74. The lowest BCUT2D eigenvalue weighted by Crippen LogP contribution is -2.24. The Morgan fingerprint density at radius 3 is 2.79 bits per heavy atom. The summed E-state index contributed by atoms with van der Waals surface area (Å²) >= 11 is 0. The number of amides is 1. The van der Waals surface area contributed by atoms with Crippen molar-refractivity contribution >= 4 is 5.91 Å². The number of carbonyl (C=O) groups is 1. The van der Waals surface area contributed by atoms with E-state index in [0.717, 1.165) is 23.8 Å². The Morgan fingerprint density at radius 1 is 1.32 bits per heavy atom. The molecule has 1 aromatic heterocycles. The van der Waals surface area contributed by atoms with E-state index in [1.807, 2.05) is 43.5 Å². The van der Waals surface area contributed by atoms with E-state index in [4.69, 9.17) is 0 Å². The molecule has 1 N–H and O–H groups in total.